The highest BCUT2D eigenvalue weighted by molar-refractivity contribution is 7.89. The lowest BCUT2D eigenvalue weighted by Gasteiger charge is -2.27. The van der Waals surface area contributed by atoms with Crippen molar-refractivity contribution >= 4 is 15.9 Å². The first-order chi connectivity index (χ1) is 12.3. The molecule has 2 aliphatic rings. The monoisotopic (exact) mass is 376 g/mol. The topological polar surface area (TPSA) is 119 Å². The van der Waals surface area contributed by atoms with Crippen molar-refractivity contribution in [2.75, 3.05) is 6.54 Å². The van der Waals surface area contributed by atoms with E-state index < -0.39 is 16.1 Å². The van der Waals surface area contributed by atoms with E-state index in [4.69, 9.17) is 5.14 Å². The first-order valence-electron chi connectivity index (χ1n) is 8.50. The maximum absolute atomic E-state index is 12.7. The van der Waals surface area contributed by atoms with Crippen LogP contribution < -0.4 is 5.14 Å². The van der Waals surface area contributed by atoms with Crippen molar-refractivity contribution in [3.63, 3.8) is 0 Å². The summed E-state index contributed by atoms with van der Waals surface area (Å²) in [4.78, 5) is 14.4. The van der Waals surface area contributed by atoms with Gasteiger partial charge in [-0.3, -0.25) is 9.48 Å². The Kier molecular flexibility index (Phi) is 4.09. The molecular weight excluding hydrogens is 356 g/mol. The van der Waals surface area contributed by atoms with Gasteiger partial charge in [-0.05, 0) is 49.1 Å². The van der Waals surface area contributed by atoms with Crippen LogP contribution in [0.4, 0.5) is 0 Å². The number of primary sulfonamides is 1. The van der Waals surface area contributed by atoms with Gasteiger partial charge in [-0.1, -0.05) is 0 Å². The predicted molar refractivity (Wildman–Crippen MR) is 92.5 cm³/mol. The molecule has 1 aliphatic carbocycles. The van der Waals surface area contributed by atoms with Crippen LogP contribution in [0.5, 0.6) is 0 Å². The van der Waals surface area contributed by atoms with Gasteiger partial charge in [-0.2, -0.15) is 5.10 Å². The molecule has 2 heterocycles. The van der Waals surface area contributed by atoms with Gasteiger partial charge in [-0.15, -0.1) is 0 Å². The van der Waals surface area contributed by atoms with Crippen molar-refractivity contribution in [2.24, 2.45) is 11.1 Å². The average Bonchev–Trinajstić information content (AvgIpc) is 3.38. The maximum atomic E-state index is 12.7. The molecule has 0 bridgehead atoms. The minimum Gasteiger partial charge on any atom is -0.386 e. The van der Waals surface area contributed by atoms with Gasteiger partial charge in [-0.25, -0.2) is 13.6 Å². The van der Waals surface area contributed by atoms with Crippen molar-refractivity contribution in [3.05, 3.63) is 47.3 Å². The summed E-state index contributed by atoms with van der Waals surface area (Å²) in [5, 5.41) is 19.8. The smallest absolute Gasteiger partial charge is 0.254 e. The molecule has 9 heteroatoms. The molecular formula is C17H20N4O4S. The Balaban J connectivity index is 1.50. The number of aliphatic hydroxyl groups excluding tert-OH is 1. The summed E-state index contributed by atoms with van der Waals surface area (Å²) in [7, 11) is -3.78. The molecule has 1 atom stereocenters. The van der Waals surface area contributed by atoms with Crippen LogP contribution in [0.2, 0.25) is 0 Å². The third-order valence-electron chi connectivity index (χ3n) is 4.91. The molecule has 1 aromatic heterocycles. The fourth-order valence-electron chi connectivity index (χ4n) is 3.23. The molecule has 1 amide bonds. The van der Waals surface area contributed by atoms with Gasteiger partial charge in [0, 0.05) is 12.1 Å². The summed E-state index contributed by atoms with van der Waals surface area (Å²) in [5.74, 6) is 0.129. The lowest BCUT2D eigenvalue weighted by Crippen LogP contribution is -2.38. The molecule has 1 saturated carbocycles. The summed E-state index contributed by atoms with van der Waals surface area (Å²) < 4.78 is 24.5. The second kappa shape index (κ2) is 6.19. The molecule has 1 fully saturated rings. The van der Waals surface area contributed by atoms with Crippen molar-refractivity contribution < 1.29 is 18.3 Å². The lowest BCUT2D eigenvalue weighted by atomic mass is 10.1. The van der Waals surface area contributed by atoms with Crippen molar-refractivity contribution in [3.8, 4) is 0 Å². The number of amides is 1. The standard InChI is InChI=1S/C17H20N4O4S/c18-26(24,25)14-5-3-12(4-6-14)17(23)20-7-8-21-13(10-20)9-15(19-21)16(22)11-1-2-11/h3-6,9,11,16,22H,1-2,7-8,10H2,(H2,18,24,25). The highest BCUT2D eigenvalue weighted by Crippen LogP contribution is 2.40. The average molecular weight is 376 g/mol. The quantitative estimate of drug-likeness (QED) is 0.811. The van der Waals surface area contributed by atoms with Crippen LogP contribution in [-0.4, -0.2) is 40.7 Å². The Bertz CT molecular complexity index is 948. The van der Waals surface area contributed by atoms with E-state index in [1.54, 1.807) is 4.90 Å². The minimum absolute atomic E-state index is 0.0236. The summed E-state index contributed by atoms with van der Waals surface area (Å²) >= 11 is 0. The van der Waals surface area contributed by atoms with E-state index in [-0.39, 0.29) is 10.8 Å². The van der Waals surface area contributed by atoms with E-state index >= 15 is 0 Å². The van der Waals surface area contributed by atoms with Crippen LogP contribution in [0.1, 0.15) is 40.7 Å². The minimum atomic E-state index is -3.78. The fourth-order valence-corrected chi connectivity index (χ4v) is 3.75. The zero-order valence-corrected chi connectivity index (χ0v) is 14.9. The van der Waals surface area contributed by atoms with Gasteiger partial charge in [0.05, 0.1) is 29.4 Å². The Morgan fingerprint density at radius 1 is 1.23 bits per heavy atom. The van der Waals surface area contributed by atoms with Crippen LogP contribution >= 0.6 is 0 Å². The molecule has 0 saturated heterocycles. The highest BCUT2D eigenvalue weighted by atomic mass is 32.2. The van der Waals surface area contributed by atoms with Gasteiger partial charge in [0.25, 0.3) is 5.91 Å². The van der Waals surface area contributed by atoms with Gasteiger partial charge in [0.2, 0.25) is 10.0 Å². The number of carbonyl (C=O) groups is 1. The second-order valence-electron chi connectivity index (χ2n) is 6.86. The van der Waals surface area contributed by atoms with Crippen LogP contribution in [-0.2, 0) is 23.1 Å². The normalized spacial score (nSPS) is 18.5. The Morgan fingerprint density at radius 3 is 2.54 bits per heavy atom. The highest BCUT2D eigenvalue weighted by Gasteiger charge is 2.33. The molecule has 138 valence electrons. The first kappa shape index (κ1) is 17.2. The number of aromatic nitrogens is 2. The number of nitrogens with zero attached hydrogens (tertiary/aromatic N) is 3. The summed E-state index contributed by atoms with van der Waals surface area (Å²) in [6.45, 7) is 1.47. The lowest BCUT2D eigenvalue weighted by molar-refractivity contribution is 0.0705. The number of sulfonamides is 1. The van der Waals surface area contributed by atoms with Crippen molar-refractivity contribution in [1.82, 2.24) is 14.7 Å². The predicted octanol–water partition coefficient (Wildman–Crippen LogP) is 0.630. The number of hydrogen-bond donors (Lipinski definition) is 2. The second-order valence-corrected chi connectivity index (χ2v) is 8.42. The zero-order valence-electron chi connectivity index (χ0n) is 14.1. The number of benzene rings is 1. The Hall–Kier alpha value is -2.23. The van der Waals surface area contributed by atoms with E-state index in [0.29, 0.717) is 36.8 Å². The van der Waals surface area contributed by atoms with Gasteiger partial charge < -0.3 is 10.0 Å². The molecule has 8 nitrogen and oxygen atoms in total. The Labute approximate surface area is 151 Å². The van der Waals surface area contributed by atoms with Crippen LogP contribution in [0.15, 0.2) is 35.2 Å². The Morgan fingerprint density at radius 2 is 1.92 bits per heavy atom. The van der Waals surface area contributed by atoms with Gasteiger partial charge in [0.15, 0.2) is 0 Å². The molecule has 4 rings (SSSR count). The summed E-state index contributed by atoms with van der Waals surface area (Å²) in [5.41, 5.74) is 1.97. The molecule has 1 unspecified atom stereocenters. The largest absolute Gasteiger partial charge is 0.386 e. The number of hydrogen-bond acceptors (Lipinski definition) is 5. The van der Waals surface area contributed by atoms with Crippen LogP contribution in [0, 0.1) is 5.92 Å². The molecule has 2 aromatic rings. The number of rotatable bonds is 4. The molecule has 0 radical (unpaired) electrons. The van der Waals surface area contributed by atoms with E-state index in [9.17, 15) is 18.3 Å². The molecule has 3 N–H and O–H groups in total. The van der Waals surface area contributed by atoms with E-state index in [1.165, 1.54) is 24.3 Å². The van der Waals surface area contributed by atoms with Crippen molar-refractivity contribution in [1.29, 1.82) is 0 Å². The molecule has 26 heavy (non-hydrogen) atoms. The summed E-state index contributed by atoms with van der Waals surface area (Å²) in [6.07, 6.45) is 1.54. The summed E-state index contributed by atoms with van der Waals surface area (Å²) in [6, 6.07) is 7.47. The zero-order chi connectivity index (χ0) is 18.5. The van der Waals surface area contributed by atoms with E-state index in [2.05, 4.69) is 5.10 Å². The van der Waals surface area contributed by atoms with Gasteiger partial charge in [0.1, 0.15) is 6.10 Å². The first-order valence-corrected chi connectivity index (χ1v) is 10.0. The number of nitrogens with two attached hydrogens (primary N) is 1. The van der Waals surface area contributed by atoms with Gasteiger partial charge >= 0.3 is 0 Å². The van der Waals surface area contributed by atoms with E-state index in [1.807, 2.05) is 10.7 Å². The van der Waals surface area contributed by atoms with E-state index in [0.717, 1.165) is 18.5 Å². The molecule has 1 aromatic carbocycles. The number of aliphatic hydroxyl groups is 1. The fraction of sp³-hybridized carbons (Fsp3) is 0.412. The maximum Gasteiger partial charge on any atom is 0.254 e. The van der Waals surface area contributed by atoms with Crippen LogP contribution in [0.3, 0.4) is 0 Å². The van der Waals surface area contributed by atoms with Crippen LogP contribution in [0.25, 0.3) is 0 Å². The molecule has 1 aliphatic heterocycles. The van der Waals surface area contributed by atoms with Crippen molar-refractivity contribution in [2.45, 2.75) is 36.9 Å². The SMILES string of the molecule is NS(=O)(=O)c1ccc(C(=O)N2CCn3nc(C(O)C4CC4)cc3C2)cc1. The third-order valence-corrected chi connectivity index (χ3v) is 5.83. The third kappa shape index (κ3) is 3.25. The number of carbonyl (C=O) groups excluding carboxylic acids is 1. The molecule has 0 spiro atoms. The number of fused-ring (bicyclic) bond motifs is 1.